The van der Waals surface area contributed by atoms with Crippen molar-refractivity contribution in [1.29, 1.82) is 0 Å². The van der Waals surface area contributed by atoms with Crippen LogP contribution in [0.4, 0.5) is 5.82 Å². The summed E-state index contributed by atoms with van der Waals surface area (Å²) >= 11 is 6.23. The molecule has 0 aliphatic carbocycles. The highest BCUT2D eigenvalue weighted by Gasteiger charge is 2.22. The maximum atomic E-state index is 12.8. The smallest absolute Gasteiger partial charge is 0.259 e. The molecule has 3 rings (SSSR count). The number of para-hydroxylation sites is 1. The molecule has 26 heavy (non-hydrogen) atoms. The zero-order valence-corrected chi connectivity index (χ0v) is 15.4. The number of nitrogens with one attached hydrogen (secondary N) is 1. The van der Waals surface area contributed by atoms with E-state index in [4.69, 9.17) is 16.3 Å². The van der Waals surface area contributed by atoms with Crippen LogP contribution in [0.15, 0.2) is 60.8 Å². The van der Waals surface area contributed by atoms with Gasteiger partial charge in [-0.15, -0.1) is 5.10 Å². The maximum Gasteiger partial charge on any atom is 0.259 e. The minimum absolute atomic E-state index is 0.259. The molecule has 1 N–H and O–H groups in total. The summed E-state index contributed by atoms with van der Waals surface area (Å²) in [6, 6.07) is 16.8. The van der Waals surface area contributed by atoms with Gasteiger partial charge in [0.15, 0.2) is 11.9 Å². The van der Waals surface area contributed by atoms with Crippen molar-refractivity contribution in [3.05, 3.63) is 76.9 Å². The molecule has 0 saturated heterocycles. The van der Waals surface area contributed by atoms with Gasteiger partial charge in [-0.25, -0.2) is 4.68 Å². The summed E-state index contributed by atoms with van der Waals surface area (Å²) in [6.07, 6.45) is 1.14. The lowest BCUT2D eigenvalue weighted by molar-refractivity contribution is -0.127. The van der Waals surface area contributed by atoms with Gasteiger partial charge in [-0.1, -0.05) is 54.1 Å². The Balaban J connectivity index is 1.84. The molecule has 1 amide bonds. The topological polar surface area (TPSA) is 56.1 Å². The number of amides is 1. The Morgan fingerprint density at radius 3 is 2.58 bits per heavy atom. The lowest BCUT2D eigenvalue weighted by Gasteiger charge is -2.16. The number of rotatable bonds is 6. The third-order valence-electron chi connectivity index (χ3n) is 3.91. The van der Waals surface area contributed by atoms with Gasteiger partial charge in [-0.05, 0) is 31.5 Å². The van der Waals surface area contributed by atoms with Crippen LogP contribution in [-0.2, 0) is 9.53 Å². The number of anilines is 1. The zero-order valence-electron chi connectivity index (χ0n) is 14.6. The third kappa shape index (κ3) is 3.95. The van der Waals surface area contributed by atoms with Crippen molar-refractivity contribution in [2.24, 2.45) is 0 Å². The second-order valence-electron chi connectivity index (χ2n) is 5.79. The minimum Gasteiger partial charge on any atom is -0.364 e. The van der Waals surface area contributed by atoms with Crippen molar-refractivity contribution in [3.63, 3.8) is 0 Å². The molecule has 3 aromatic rings. The van der Waals surface area contributed by atoms with Crippen LogP contribution in [0.1, 0.15) is 24.2 Å². The molecule has 0 unspecified atom stereocenters. The van der Waals surface area contributed by atoms with Gasteiger partial charge < -0.3 is 10.1 Å². The fourth-order valence-corrected chi connectivity index (χ4v) is 2.87. The molecule has 134 valence electrons. The molecular formula is C20H20ClN3O2. The van der Waals surface area contributed by atoms with E-state index in [0.29, 0.717) is 17.4 Å². The predicted molar refractivity (Wildman–Crippen MR) is 103 cm³/mol. The van der Waals surface area contributed by atoms with E-state index in [1.54, 1.807) is 10.7 Å². The van der Waals surface area contributed by atoms with Gasteiger partial charge in [-0.3, -0.25) is 4.79 Å². The molecule has 0 aliphatic heterocycles. The van der Waals surface area contributed by atoms with E-state index in [-0.39, 0.29) is 5.91 Å². The SMILES string of the molecule is CCO[C@@H](C(=O)Nc1nn(-c2ccccc2Cl)cc1C)c1ccccc1. The van der Waals surface area contributed by atoms with Crippen molar-refractivity contribution in [3.8, 4) is 5.69 Å². The van der Waals surface area contributed by atoms with Crippen LogP contribution in [0.3, 0.4) is 0 Å². The summed E-state index contributed by atoms with van der Waals surface area (Å²) in [5.74, 6) is 0.223. The summed E-state index contributed by atoms with van der Waals surface area (Å²) in [6.45, 7) is 4.18. The van der Waals surface area contributed by atoms with Gasteiger partial charge in [0.2, 0.25) is 0 Å². The summed E-state index contributed by atoms with van der Waals surface area (Å²) in [7, 11) is 0. The molecule has 1 aromatic heterocycles. The Hall–Kier alpha value is -2.63. The maximum absolute atomic E-state index is 12.8. The molecule has 0 fully saturated rings. The molecule has 0 radical (unpaired) electrons. The van der Waals surface area contributed by atoms with Gasteiger partial charge >= 0.3 is 0 Å². The summed E-state index contributed by atoms with van der Waals surface area (Å²) < 4.78 is 7.30. The van der Waals surface area contributed by atoms with Gasteiger partial charge in [0.1, 0.15) is 0 Å². The van der Waals surface area contributed by atoms with Gasteiger partial charge in [0.25, 0.3) is 5.91 Å². The zero-order chi connectivity index (χ0) is 18.5. The summed E-state index contributed by atoms with van der Waals surface area (Å²) in [4.78, 5) is 12.8. The molecule has 0 aliphatic rings. The number of aryl methyl sites for hydroxylation is 1. The lowest BCUT2D eigenvalue weighted by atomic mass is 10.1. The van der Waals surface area contributed by atoms with E-state index in [1.165, 1.54) is 0 Å². The molecular weight excluding hydrogens is 350 g/mol. The van der Waals surface area contributed by atoms with Crippen molar-refractivity contribution in [2.45, 2.75) is 20.0 Å². The Morgan fingerprint density at radius 2 is 1.88 bits per heavy atom. The lowest BCUT2D eigenvalue weighted by Crippen LogP contribution is -2.24. The molecule has 0 saturated carbocycles. The number of nitrogens with zero attached hydrogens (tertiary/aromatic N) is 2. The fourth-order valence-electron chi connectivity index (χ4n) is 2.64. The van der Waals surface area contributed by atoms with E-state index in [0.717, 1.165) is 16.8 Å². The number of carbonyl (C=O) groups is 1. The van der Waals surface area contributed by atoms with Gasteiger partial charge in [-0.2, -0.15) is 0 Å². The molecule has 1 heterocycles. The van der Waals surface area contributed by atoms with Crippen LogP contribution < -0.4 is 5.32 Å². The van der Waals surface area contributed by atoms with Crippen LogP contribution in [0.2, 0.25) is 5.02 Å². The van der Waals surface area contributed by atoms with Crippen molar-refractivity contribution >= 4 is 23.3 Å². The van der Waals surface area contributed by atoms with Crippen molar-refractivity contribution in [1.82, 2.24) is 9.78 Å². The van der Waals surface area contributed by atoms with Gasteiger partial charge in [0, 0.05) is 18.4 Å². The van der Waals surface area contributed by atoms with E-state index in [9.17, 15) is 4.79 Å². The fraction of sp³-hybridized carbons (Fsp3) is 0.200. The molecule has 6 heteroatoms. The number of benzene rings is 2. The number of carbonyl (C=O) groups excluding carboxylic acids is 1. The average molecular weight is 370 g/mol. The average Bonchev–Trinajstić information content (AvgIpc) is 3.01. The van der Waals surface area contributed by atoms with Crippen LogP contribution >= 0.6 is 11.6 Å². The number of aromatic nitrogens is 2. The number of ether oxygens (including phenoxy) is 1. The predicted octanol–water partition coefficient (Wildman–Crippen LogP) is 4.55. The quantitative estimate of drug-likeness (QED) is 0.693. The Kier molecular flexibility index (Phi) is 5.71. The third-order valence-corrected chi connectivity index (χ3v) is 4.23. The highest BCUT2D eigenvalue weighted by molar-refractivity contribution is 6.32. The van der Waals surface area contributed by atoms with Crippen molar-refractivity contribution < 1.29 is 9.53 Å². The first-order valence-corrected chi connectivity index (χ1v) is 8.76. The number of hydrogen-bond acceptors (Lipinski definition) is 3. The first kappa shape index (κ1) is 18.2. The monoisotopic (exact) mass is 369 g/mol. The standard InChI is InChI=1S/C20H20ClN3O2/c1-3-26-18(15-9-5-4-6-10-15)20(25)22-19-14(2)13-24(23-19)17-12-8-7-11-16(17)21/h4-13,18H,3H2,1-2H3,(H,22,23,25)/t18-/m1/s1. The van der Waals surface area contributed by atoms with E-state index in [1.807, 2.05) is 68.6 Å². The first-order chi connectivity index (χ1) is 12.6. The normalized spacial score (nSPS) is 12.0. The van der Waals surface area contributed by atoms with Gasteiger partial charge in [0.05, 0.1) is 10.7 Å². The van der Waals surface area contributed by atoms with Crippen LogP contribution in [0.25, 0.3) is 5.69 Å². The highest BCUT2D eigenvalue weighted by atomic mass is 35.5. The molecule has 0 spiro atoms. The Bertz CT molecular complexity index is 893. The van der Waals surface area contributed by atoms with Crippen LogP contribution in [0, 0.1) is 6.92 Å². The molecule has 2 aromatic carbocycles. The number of hydrogen-bond donors (Lipinski definition) is 1. The Labute approximate surface area is 157 Å². The second kappa shape index (κ2) is 8.17. The van der Waals surface area contributed by atoms with Crippen LogP contribution in [0.5, 0.6) is 0 Å². The minimum atomic E-state index is -0.689. The van der Waals surface area contributed by atoms with Crippen molar-refractivity contribution in [2.75, 3.05) is 11.9 Å². The first-order valence-electron chi connectivity index (χ1n) is 8.38. The summed E-state index contributed by atoms with van der Waals surface area (Å²) in [5, 5.41) is 7.91. The largest absolute Gasteiger partial charge is 0.364 e. The second-order valence-corrected chi connectivity index (χ2v) is 6.20. The number of halogens is 1. The van der Waals surface area contributed by atoms with E-state index >= 15 is 0 Å². The highest BCUT2D eigenvalue weighted by Crippen LogP contribution is 2.24. The van der Waals surface area contributed by atoms with Crippen LogP contribution in [-0.4, -0.2) is 22.3 Å². The molecule has 5 nitrogen and oxygen atoms in total. The van der Waals surface area contributed by atoms with E-state index in [2.05, 4.69) is 10.4 Å². The Morgan fingerprint density at radius 1 is 1.19 bits per heavy atom. The van der Waals surface area contributed by atoms with E-state index < -0.39 is 6.10 Å². The molecule has 1 atom stereocenters. The summed E-state index contributed by atoms with van der Waals surface area (Å²) in [5.41, 5.74) is 2.39. The molecule has 0 bridgehead atoms.